The van der Waals surface area contributed by atoms with Gasteiger partial charge in [-0.3, -0.25) is 4.90 Å². The van der Waals surface area contributed by atoms with Crippen LogP contribution in [0.25, 0.3) is 0 Å². The maximum atomic E-state index is 2.75. The molecular formula is C20H39N3. The molecule has 0 amide bonds. The Balaban J connectivity index is 1.34. The first kappa shape index (κ1) is 17.7. The summed E-state index contributed by atoms with van der Waals surface area (Å²) in [6, 6.07) is 0.750. The van der Waals surface area contributed by atoms with E-state index in [0.717, 1.165) is 23.3 Å². The van der Waals surface area contributed by atoms with Gasteiger partial charge in [-0.1, -0.05) is 13.8 Å². The van der Waals surface area contributed by atoms with Crippen LogP contribution in [-0.2, 0) is 0 Å². The standard InChI is InChI=1S/C20H39N3/c1-17(2)13-21-9-11-22(12-10-21)14-19-5-7-20(8-6-19)15-23(16-20)18(3)4/h17-19H,5-16H2,1-4H3. The summed E-state index contributed by atoms with van der Waals surface area (Å²) >= 11 is 0. The van der Waals surface area contributed by atoms with Crippen LogP contribution in [0.15, 0.2) is 0 Å². The molecule has 0 aromatic rings. The molecule has 3 aliphatic rings. The predicted octanol–water partition coefficient (Wildman–Crippen LogP) is 3.16. The van der Waals surface area contributed by atoms with Gasteiger partial charge in [-0.05, 0) is 56.8 Å². The van der Waals surface area contributed by atoms with Gasteiger partial charge in [0, 0.05) is 58.4 Å². The van der Waals surface area contributed by atoms with Crippen molar-refractivity contribution in [1.82, 2.24) is 14.7 Å². The molecule has 0 unspecified atom stereocenters. The predicted molar refractivity (Wildman–Crippen MR) is 98.8 cm³/mol. The highest BCUT2D eigenvalue weighted by Gasteiger charge is 2.45. The minimum atomic E-state index is 0.719. The van der Waals surface area contributed by atoms with Crippen LogP contribution < -0.4 is 0 Å². The Morgan fingerprint density at radius 2 is 1.43 bits per heavy atom. The van der Waals surface area contributed by atoms with Gasteiger partial charge in [0.1, 0.15) is 0 Å². The zero-order chi connectivity index (χ0) is 16.4. The lowest BCUT2D eigenvalue weighted by Gasteiger charge is -2.55. The van der Waals surface area contributed by atoms with Crippen molar-refractivity contribution in [1.29, 1.82) is 0 Å². The van der Waals surface area contributed by atoms with Crippen molar-refractivity contribution in [2.24, 2.45) is 17.3 Å². The quantitative estimate of drug-likeness (QED) is 0.770. The molecule has 0 radical (unpaired) electrons. The smallest absolute Gasteiger partial charge is 0.0110 e. The average molecular weight is 322 g/mol. The first-order valence-corrected chi connectivity index (χ1v) is 10.1. The van der Waals surface area contributed by atoms with Crippen molar-refractivity contribution in [2.75, 3.05) is 52.4 Å². The summed E-state index contributed by atoms with van der Waals surface area (Å²) in [4.78, 5) is 8.07. The SMILES string of the molecule is CC(C)CN1CCN(CC2CCC3(CC2)CN(C(C)C)C3)CC1. The van der Waals surface area contributed by atoms with E-state index in [-0.39, 0.29) is 0 Å². The van der Waals surface area contributed by atoms with Gasteiger partial charge in [-0.25, -0.2) is 0 Å². The molecule has 23 heavy (non-hydrogen) atoms. The molecule has 0 bridgehead atoms. The lowest BCUT2D eigenvalue weighted by atomic mass is 9.65. The largest absolute Gasteiger partial charge is 0.301 e. The molecule has 1 spiro atoms. The average Bonchev–Trinajstić information content (AvgIpc) is 2.47. The Morgan fingerprint density at radius 3 is 1.96 bits per heavy atom. The van der Waals surface area contributed by atoms with Gasteiger partial charge < -0.3 is 9.80 Å². The second kappa shape index (κ2) is 7.41. The van der Waals surface area contributed by atoms with Gasteiger partial charge in [-0.2, -0.15) is 0 Å². The maximum absolute atomic E-state index is 2.75. The van der Waals surface area contributed by atoms with Crippen LogP contribution >= 0.6 is 0 Å². The summed E-state index contributed by atoms with van der Waals surface area (Å²) < 4.78 is 0. The van der Waals surface area contributed by atoms with E-state index in [1.807, 2.05) is 0 Å². The van der Waals surface area contributed by atoms with Crippen LogP contribution in [0.2, 0.25) is 0 Å². The van der Waals surface area contributed by atoms with Gasteiger partial charge in [-0.15, -0.1) is 0 Å². The topological polar surface area (TPSA) is 9.72 Å². The minimum absolute atomic E-state index is 0.719. The molecule has 2 aliphatic heterocycles. The van der Waals surface area contributed by atoms with E-state index in [0.29, 0.717) is 0 Å². The molecular weight excluding hydrogens is 282 g/mol. The van der Waals surface area contributed by atoms with E-state index in [4.69, 9.17) is 0 Å². The summed E-state index contributed by atoms with van der Waals surface area (Å²) in [6.07, 6.45) is 5.96. The second-order valence-corrected chi connectivity index (χ2v) is 9.44. The third-order valence-corrected chi connectivity index (χ3v) is 6.58. The molecule has 3 rings (SSSR count). The summed E-state index contributed by atoms with van der Waals surface area (Å²) in [6.45, 7) is 20.0. The Bertz CT molecular complexity index is 355. The summed E-state index contributed by atoms with van der Waals surface area (Å²) in [7, 11) is 0. The third-order valence-electron chi connectivity index (χ3n) is 6.58. The first-order chi connectivity index (χ1) is 11.0. The van der Waals surface area contributed by atoms with E-state index in [1.165, 1.54) is 78.0 Å². The molecule has 0 aromatic carbocycles. The highest BCUT2D eigenvalue weighted by molar-refractivity contribution is 4.99. The van der Waals surface area contributed by atoms with Crippen molar-refractivity contribution < 1.29 is 0 Å². The molecule has 1 aliphatic carbocycles. The Hall–Kier alpha value is -0.120. The minimum Gasteiger partial charge on any atom is -0.301 e. The van der Waals surface area contributed by atoms with E-state index in [9.17, 15) is 0 Å². The number of rotatable bonds is 5. The van der Waals surface area contributed by atoms with Crippen LogP contribution in [0.3, 0.4) is 0 Å². The van der Waals surface area contributed by atoms with E-state index in [2.05, 4.69) is 42.4 Å². The van der Waals surface area contributed by atoms with Gasteiger partial charge >= 0.3 is 0 Å². The maximum Gasteiger partial charge on any atom is 0.0110 e. The van der Waals surface area contributed by atoms with Gasteiger partial charge in [0.2, 0.25) is 0 Å². The van der Waals surface area contributed by atoms with E-state index in [1.54, 1.807) is 0 Å². The van der Waals surface area contributed by atoms with Gasteiger partial charge in [0.05, 0.1) is 0 Å². The lowest BCUT2D eigenvalue weighted by molar-refractivity contribution is -0.0582. The van der Waals surface area contributed by atoms with Gasteiger partial charge in [0.25, 0.3) is 0 Å². The van der Waals surface area contributed by atoms with Crippen LogP contribution in [0.5, 0.6) is 0 Å². The number of piperazine rings is 1. The normalized spacial score (nSPS) is 27.9. The fourth-order valence-corrected chi connectivity index (χ4v) is 5.01. The molecule has 3 nitrogen and oxygen atoms in total. The highest BCUT2D eigenvalue weighted by atomic mass is 15.3. The molecule has 2 heterocycles. The molecule has 0 atom stereocenters. The fraction of sp³-hybridized carbons (Fsp3) is 1.00. The molecule has 0 N–H and O–H groups in total. The molecule has 3 heteroatoms. The monoisotopic (exact) mass is 321 g/mol. The number of hydrogen-bond acceptors (Lipinski definition) is 3. The molecule has 2 saturated heterocycles. The first-order valence-electron chi connectivity index (χ1n) is 10.1. The molecule has 1 saturated carbocycles. The third kappa shape index (κ3) is 4.49. The lowest BCUT2D eigenvalue weighted by Crippen LogP contribution is -2.60. The summed E-state index contributed by atoms with van der Waals surface area (Å²) in [5.41, 5.74) is 0.719. The molecule has 134 valence electrons. The highest BCUT2D eigenvalue weighted by Crippen LogP contribution is 2.46. The van der Waals surface area contributed by atoms with Crippen molar-refractivity contribution in [3.8, 4) is 0 Å². The molecule has 3 fully saturated rings. The number of nitrogens with zero attached hydrogens (tertiary/aromatic N) is 3. The van der Waals surface area contributed by atoms with Crippen LogP contribution in [0.1, 0.15) is 53.4 Å². The Kier molecular flexibility index (Phi) is 5.70. The van der Waals surface area contributed by atoms with Crippen molar-refractivity contribution in [3.05, 3.63) is 0 Å². The van der Waals surface area contributed by atoms with E-state index >= 15 is 0 Å². The molecule has 0 aromatic heterocycles. The zero-order valence-electron chi connectivity index (χ0n) is 16.1. The summed E-state index contributed by atoms with van der Waals surface area (Å²) in [5, 5.41) is 0. The summed E-state index contributed by atoms with van der Waals surface area (Å²) in [5.74, 6) is 1.79. The van der Waals surface area contributed by atoms with Crippen molar-refractivity contribution >= 4 is 0 Å². The van der Waals surface area contributed by atoms with Crippen LogP contribution in [0.4, 0.5) is 0 Å². The Labute approximate surface area is 144 Å². The Morgan fingerprint density at radius 1 is 0.870 bits per heavy atom. The second-order valence-electron chi connectivity index (χ2n) is 9.44. The van der Waals surface area contributed by atoms with Gasteiger partial charge in [0.15, 0.2) is 0 Å². The van der Waals surface area contributed by atoms with Crippen LogP contribution in [-0.4, -0.2) is 73.1 Å². The van der Waals surface area contributed by atoms with Crippen LogP contribution in [0, 0.1) is 17.3 Å². The van der Waals surface area contributed by atoms with E-state index < -0.39 is 0 Å². The zero-order valence-corrected chi connectivity index (χ0v) is 16.1. The number of likely N-dealkylation sites (tertiary alicyclic amines) is 1. The van der Waals surface area contributed by atoms with Crippen molar-refractivity contribution in [3.63, 3.8) is 0 Å². The van der Waals surface area contributed by atoms with Crippen molar-refractivity contribution in [2.45, 2.75) is 59.4 Å². The number of hydrogen-bond donors (Lipinski definition) is 0. The fourth-order valence-electron chi connectivity index (χ4n) is 5.01.